The molecule has 4 rings (SSSR count). The zero-order valence-corrected chi connectivity index (χ0v) is 17.5. The summed E-state index contributed by atoms with van der Waals surface area (Å²) in [6, 6.07) is 23.3. The van der Waals surface area contributed by atoms with Crippen molar-refractivity contribution >= 4 is 22.6 Å². The third kappa shape index (κ3) is 4.42. The molecule has 30 heavy (non-hydrogen) atoms. The summed E-state index contributed by atoms with van der Waals surface area (Å²) in [5, 5.41) is 19.9. The van der Waals surface area contributed by atoms with Crippen molar-refractivity contribution < 1.29 is 9.84 Å². The van der Waals surface area contributed by atoms with Crippen molar-refractivity contribution in [3.8, 4) is 5.75 Å². The van der Waals surface area contributed by atoms with Crippen LogP contribution in [0.3, 0.4) is 0 Å². The van der Waals surface area contributed by atoms with Crippen LogP contribution >= 0.6 is 11.6 Å². The fourth-order valence-electron chi connectivity index (χ4n) is 3.50. The van der Waals surface area contributed by atoms with Gasteiger partial charge in [-0.15, -0.1) is 0 Å². The number of nitrogens with one attached hydrogen (secondary N) is 1. The first-order chi connectivity index (χ1) is 14.5. The number of hydrogen-bond acceptors (Lipinski definition) is 3. The van der Waals surface area contributed by atoms with Crippen LogP contribution in [-0.2, 0) is 13.1 Å². The lowest BCUT2D eigenvalue weighted by Gasteiger charge is -2.14. The smallest absolute Gasteiger partial charge is 0.203 e. The van der Waals surface area contributed by atoms with Gasteiger partial charge in [0, 0.05) is 5.02 Å². The van der Waals surface area contributed by atoms with E-state index in [-0.39, 0.29) is 13.2 Å². The van der Waals surface area contributed by atoms with E-state index in [0.29, 0.717) is 22.9 Å². The van der Waals surface area contributed by atoms with Crippen molar-refractivity contribution in [2.45, 2.75) is 26.1 Å². The molecule has 0 bridgehead atoms. The lowest BCUT2D eigenvalue weighted by molar-refractivity contribution is 0.0921. The maximum absolute atomic E-state index is 10.6. The highest BCUT2D eigenvalue weighted by Gasteiger charge is 2.15. The van der Waals surface area contributed by atoms with Crippen LogP contribution in [-0.4, -0.2) is 27.0 Å². The third-order valence-corrected chi connectivity index (χ3v) is 5.34. The number of ether oxygens (including phenoxy) is 1. The Labute approximate surface area is 180 Å². The number of halogens is 1. The number of aromatic nitrogens is 2. The summed E-state index contributed by atoms with van der Waals surface area (Å²) in [5.74, 6) is 0.649. The van der Waals surface area contributed by atoms with E-state index >= 15 is 0 Å². The maximum Gasteiger partial charge on any atom is 0.203 e. The van der Waals surface area contributed by atoms with Crippen LogP contribution in [0.25, 0.3) is 11.0 Å². The maximum atomic E-state index is 10.6. The van der Waals surface area contributed by atoms with Gasteiger partial charge in [0.1, 0.15) is 18.5 Å². The number of fused-ring (bicyclic) bond motifs is 1. The van der Waals surface area contributed by atoms with Crippen molar-refractivity contribution in [1.82, 2.24) is 9.13 Å². The molecule has 0 amide bonds. The largest absolute Gasteiger partial charge is 0.491 e. The van der Waals surface area contributed by atoms with Gasteiger partial charge in [-0.25, -0.2) is 0 Å². The van der Waals surface area contributed by atoms with Gasteiger partial charge in [-0.05, 0) is 48.9 Å². The first-order valence-corrected chi connectivity index (χ1v) is 10.2. The highest BCUT2D eigenvalue weighted by Crippen LogP contribution is 2.17. The molecule has 154 valence electrons. The molecular formula is C24H24ClN3O2. The molecule has 4 aromatic rings. The van der Waals surface area contributed by atoms with Crippen molar-refractivity contribution in [1.29, 1.82) is 5.41 Å². The SMILES string of the molecule is Cc1ccc(Cn2c(=N)n(CC(O)COc3ccc(Cl)cc3)c3ccccc32)cc1. The van der Waals surface area contributed by atoms with Crippen LogP contribution in [0, 0.1) is 12.3 Å². The summed E-state index contributed by atoms with van der Waals surface area (Å²) in [4.78, 5) is 0. The number of rotatable bonds is 7. The van der Waals surface area contributed by atoms with Gasteiger partial charge in [-0.3, -0.25) is 5.41 Å². The molecule has 2 N–H and O–H groups in total. The van der Waals surface area contributed by atoms with Crippen LogP contribution in [0.4, 0.5) is 0 Å². The quantitative estimate of drug-likeness (QED) is 0.465. The molecule has 1 unspecified atom stereocenters. The number of aliphatic hydroxyl groups is 1. The summed E-state index contributed by atoms with van der Waals surface area (Å²) in [7, 11) is 0. The van der Waals surface area contributed by atoms with Gasteiger partial charge in [-0.2, -0.15) is 0 Å². The second kappa shape index (κ2) is 8.78. The number of hydrogen-bond donors (Lipinski definition) is 2. The van der Waals surface area contributed by atoms with E-state index in [1.54, 1.807) is 24.3 Å². The molecule has 0 radical (unpaired) electrons. The molecule has 0 fully saturated rings. The number of aliphatic hydroxyl groups excluding tert-OH is 1. The second-order valence-electron chi connectivity index (χ2n) is 7.41. The Balaban J connectivity index is 1.56. The minimum absolute atomic E-state index is 0.130. The number of benzene rings is 3. The van der Waals surface area contributed by atoms with Gasteiger partial charge in [0.2, 0.25) is 5.62 Å². The third-order valence-electron chi connectivity index (χ3n) is 5.09. The topological polar surface area (TPSA) is 63.2 Å². The van der Waals surface area contributed by atoms with Crippen LogP contribution in [0.1, 0.15) is 11.1 Å². The zero-order valence-electron chi connectivity index (χ0n) is 16.8. The van der Waals surface area contributed by atoms with Gasteiger partial charge < -0.3 is 19.0 Å². The molecular weight excluding hydrogens is 398 g/mol. The van der Waals surface area contributed by atoms with Gasteiger partial charge >= 0.3 is 0 Å². The van der Waals surface area contributed by atoms with E-state index in [9.17, 15) is 5.11 Å². The Morgan fingerprint density at radius 3 is 2.23 bits per heavy atom. The minimum Gasteiger partial charge on any atom is -0.491 e. The van der Waals surface area contributed by atoms with Gasteiger partial charge in [0.15, 0.2) is 0 Å². The van der Waals surface area contributed by atoms with Gasteiger partial charge in [0.25, 0.3) is 0 Å². The van der Waals surface area contributed by atoms with E-state index in [2.05, 4.69) is 31.2 Å². The Morgan fingerprint density at radius 1 is 0.933 bits per heavy atom. The van der Waals surface area contributed by atoms with E-state index in [1.165, 1.54) is 5.56 Å². The summed E-state index contributed by atoms with van der Waals surface area (Å²) >= 11 is 5.89. The standard InChI is InChI=1S/C24H24ClN3O2/c1-17-6-8-18(9-7-17)14-27-22-4-2-3-5-23(22)28(24(27)26)15-20(29)16-30-21-12-10-19(25)11-13-21/h2-13,20,26,29H,14-16H2,1H3. The Kier molecular flexibility index (Phi) is 5.93. The van der Waals surface area contributed by atoms with E-state index < -0.39 is 6.10 Å². The summed E-state index contributed by atoms with van der Waals surface area (Å²) in [5.41, 5.74) is 4.58. The normalized spacial score (nSPS) is 12.2. The van der Waals surface area contributed by atoms with Crippen LogP contribution < -0.4 is 10.4 Å². The average molecular weight is 422 g/mol. The number of nitrogens with zero attached hydrogens (tertiary/aromatic N) is 2. The molecule has 5 nitrogen and oxygen atoms in total. The van der Waals surface area contributed by atoms with Crippen LogP contribution in [0.5, 0.6) is 5.75 Å². The highest BCUT2D eigenvalue weighted by molar-refractivity contribution is 6.30. The molecule has 1 heterocycles. The Bertz CT molecular complexity index is 1190. The van der Waals surface area contributed by atoms with Crippen molar-refractivity contribution in [3.05, 3.63) is 94.6 Å². The summed E-state index contributed by atoms with van der Waals surface area (Å²) in [6.07, 6.45) is -0.756. The van der Waals surface area contributed by atoms with E-state index in [4.69, 9.17) is 21.7 Å². The minimum atomic E-state index is -0.756. The molecule has 1 aromatic heterocycles. The average Bonchev–Trinajstić information content (AvgIpc) is 3.01. The van der Waals surface area contributed by atoms with Crippen molar-refractivity contribution in [3.63, 3.8) is 0 Å². The van der Waals surface area contributed by atoms with Crippen molar-refractivity contribution in [2.75, 3.05) is 6.61 Å². The fraction of sp³-hybridized carbons (Fsp3) is 0.208. The van der Waals surface area contributed by atoms with Crippen LogP contribution in [0.15, 0.2) is 72.8 Å². The molecule has 0 saturated carbocycles. The number of imidazole rings is 1. The van der Waals surface area contributed by atoms with Gasteiger partial charge in [0.05, 0.1) is 24.1 Å². The fourth-order valence-corrected chi connectivity index (χ4v) is 3.63. The predicted octanol–water partition coefficient (Wildman–Crippen LogP) is 4.37. The molecule has 1 atom stereocenters. The Morgan fingerprint density at radius 2 is 1.57 bits per heavy atom. The molecule has 3 aromatic carbocycles. The Hall–Kier alpha value is -3.02. The summed E-state index contributed by atoms with van der Waals surface area (Å²) in [6.45, 7) is 3.07. The lowest BCUT2D eigenvalue weighted by Crippen LogP contribution is -2.31. The lowest BCUT2D eigenvalue weighted by atomic mass is 10.1. The first-order valence-electron chi connectivity index (χ1n) is 9.86. The summed E-state index contributed by atoms with van der Waals surface area (Å²) < 4.78 is 9.47. The molecule has 0 aliphatic rings. The van der Waals surface area contributed by atoms with Crippen molar-refractivity contribution in [2.24, 2.45) is 0 Å². The van der Waals surface area contributed by atoms with Crippen LogP contribution in [0.2, 0.25) is 5.02 Å². The molecule has 0 spiro atoms. The monoisotopic (exact) mass is 421 g/mol. The van der Waals surface area contributed by atoms with Gasteiger partial charge in [-0.1, -0.05) is 53.6 Å². The highest BCUT2D eigenvalue weighted by atomic mass is 35.5. The molecule has 0 saturated heterocycles. The predicted molar refractivity (Wildman–Crippen MR) is 119 cm³/mol. The number of para-hydroxylation sites is 2. The van der Waals surface area contributed by atoms with E-state index in [1.807, 2.05) is 33.4 Å². The second-order valence-corrected chi connectivity index (χ2v) is 7.85. The number of aryl methyl sites for hydroxylation is 1. The first kappa shape index (κ1) is 20.3. The zero-order chi connectivity index (χ0) is 21.1. The molecule has 0 aliphatic heterocycles. The van der Waals surface area contributed by atoms with E-state index in [0.717, 1.165) is 16.6 Å². The molecule has 6 heteroatoms. The molecule has 0 aliphatic carbocycles.